The van der Waals surface area contributed by atoms with Crippen LogP contribution in [0.5, 0.6) is 0 Å². The molecule has 0 aliphatic carbocycles. The fraction of sp³-hybridized carbons (Fsp3) is 0.500. The van der Waals surface area contributed by atoms with E-state index in [0.717, 1.165) is 6.42 Å². The molecule has 1 aliphatic heterocycles. The molecule has 1 aromatic carbocycles. The van der Waals surface area contributed by atoms with E-state index in [-0.39, 0.29) is 12.2 Å². The molecule has 1 unspecified atom stereocenters. The molecule has 1 aliphatic rings. The summed E-state index contributed by atoms with van der Waals surface area (Å²) in [7, 11) is 0. The number of rotatable bonds is 5. The van der Waals surface area contributed by atoms with Crippen LogP contribution in [0, 0.1) is 10.1 Å². The first-order valence-electron chi connectivity index (χ1n) is 6.82. The standard InChI is InChI=1S/C14H17ClN2O4/c1-2-14(13(18)19)6-3-7-16(14)9-10-8-11(15)4-5-12(10)17(20)21/h4-5,8H,2-3,6-7,9H2,1H3,(H,18,19). The largest absolute Gasteiger partial charge is 0.480 e. The lowest BCUT2D eigenvalue weighted by atomic mass is 9.92. The number of nitrogens with zero attached hydrogens (tertiary/aromatic N) is 2. The molecule has 0 amide bonds. The Morgan fingerprint density at radius 2 is 2.29 bits per heavy atom. The molecule has 1 heterocycles. The summed E-state index contributed by atoms with van der Waals surface area (Å²) in [6.45, 7) is 2.67. The highest BCUT2D eigenvalue weighted by molar-refractivity contribution is 6.30. The first kappa shape index (κ1) is 15.7. The van der Waals surface area contributed by atoms with Gasteiger partial charge in [0.25, 0.3) is 5.69 Å². The maximum absolute atomic E-state index is 11.6. The van der Waals surface area contributed by atoms with Gasteiger partial charge in [0.2, 0.25) is 0 Å². The van der Waals surface area contributed by atoms with Gasteiger partial charge in [0.15, 0.2) is 0 Å². The zero-order chi connectivity index (χ0) is 15.6. The van der Waals surface area contributed by atoms with Gasteiger partial charge in [0.1, 0.15) is 5.54 Å². The molecule has 7 heteroatoms. The monoisotopic (exact) mass is 312 g/mol. The lowest BCUT2D eigenvalue weighted by Gasteiger charge is -2.33. The van der Waals surface area contributed by atoms with Crippen molar-refractivity contribution in [2.75, 3.05) is 6.54 Å². The number of carbonyl (C=O) groups is 1. The van der Waals surface area contributed by atoms with Gasteiger partial charge in [0.05, 0.1) is 4.92 Å². The summed E-state index contributed by atoms with van der Waals surface area (Å²) >= 11 is 5.92. The van der Waals surface area contributed by atoms with Crippen LogP contribution < -0.4 is 0 Å². The van der Waals surface area contributed by atoms with E-state index in [9.17, 15) is 20.0 Å². The van der Waals surface area contributed by atoms with Crippen LogP contribution in [-0.4, -0.2) is 33.0 Å². The molecule has 0 spiro atoms. The summed E-state index contributed by atoms with van der Waals surface area (Å²) in [5.74, 6) is -0.868. The van der Waals surface area contributed by atoms with Crippen LogP contribution >= 0.6 is 11.6 Å². The summed E-state index contributed by atoms with van der Waals surface area (Å²) in [6.07, 6.45) is 1.80. The predicted octanol–water partition coefficient (Wildman–Crippen LogP) is 3.08. The van der Waals surface area contributed by atoms with Crippen LogP contribution in [0.2, 0.25) is 5.02 Å². The maximum atomic E-state index is 11.6. The summed E-state index contributed by atoms with van der Waals surface area (Å²) in [6, 6.07) is 4.37. The van der Waals surface area contributed by atoms with Crippen LogP contribution in [0.15, 0.2) is 18.2 Å². The fourth-order valence-corrected chi connectivity index (χ4v) is 3.22. The number of carboxylic acid groups (broad SMARTS) is 1. The average Bonchev–Trinajstić information content (AvgIpc) is 2.82. The minimum atomic E-state index is -0.934. The number of benzene rings is 1. The number of halogens is 1. The number of likely N-dealkylation sites (tertiary alicyclic amines) is 1. The van der Waals surface area contributed by atoms with Gasteiger partial charge in [-0.1, -0.05) is 18.5 Å². The Balaban J connectivity index is 2.35. The number of nitro benzene ring substituents is 1. The highest BCUT2D eigenvalue weighted by Crippen LogP contribution is 2.35. The number of carboxylic acids is 1. The SMILES string of the molecule is CCC1(C(=O)O)CCCN1Cc1cc(Cl)ccc1[N+](=O)[O-]. The van der Waals surface area contributed by atoms with Gasteiger partial charge in [-0.2, -0.15) is 0 Å². The van der Waals surface area contributed by atoms with Crippen molar-refractivity contribution >= 4 is 23.3 Å². The molecule has 114 valence electrons. The zero-order valence-electron chi connectivity index (χ0n) is 11.7. The third kappa shape index (κ3) is 2.87. The molecular weight excluding hydrogens is 296 g/mol. The number of hydrogen-bond acceptors (Lipinski definition) is 4. The first-order chi connectivity index (χ1) is 9.90. The first-order valence-corrected chi connectivity index (χ1v) is 7.20. The van der Waals surface area contributed by atoms with E-state index >= 15 is 0 Å². The van der Waals surface area contributed by atoms with Crippen LogP contribution in [0.3, 0.4) is 0 Å². The van der Waals surface area contributed by atoms with Crippen LogP contribution in [-0.2, 0) is 11.3 Å². The second kappa shape index (κ2) is 5.99. The molecule has 1 N–H and O–H groups in total. The third-order valence-corrected chi connectivity index (χ3v) is 4.44. The summed E-state index contributed by atoms with van der Waals surface area (Å²) in [5.41, 5.74) is -0.508. The highest BCUT2D eigenvalue weighted by Gasteiger charge is 2.46. The van der Waals surface area contributed by atoms with E-state index in [1.54, 1.807) is 6.07 Å². The van der Waals surface area contributed by atoms with Crippen LogP contribution in [0.4, 0.5) is 5.69 Å². The molecule has 1 saturated heterocycles. The third-order valence-electron chi connectivity index (χ3n) is 4.21. The van der Waals surface area contributed by atoms with Gasteiger partial charge in [-0.25, -0.2) is 0 Å². The number of hydrogen-bond donors (Lipinski definition) is 1. The van der Waals surface area contributed by atoms with E-state index < -0.39 is 16.4 Å². The van der Waals surface area contributed by atoms with Gasteiger partial charge in [-0.3, -0.25) is 19.8 Å². The van der Waals surface area contributed by atoms with Crippen molar-refractivity contribution in [3.63, 3.8) is 0 Å². The van der Waals surface area contributed by atoms with Gasteiger partial charge >= 0.3 is 5.97 Å². The molecule has 1 atom stereocenters. The molecule has 0 saturated carbocycles. The summed E-state index contributed by atoms with van der Waals surface area (Å²) in [4.78, 5) is 24.1. The Kier molecular flexibility index (Phi) is 4.49. The van der Waals surface area contributed by atoms with Gasteiger partial charge in [-0.15, -0.1) is 0 Å². The molecule has 21 heavy (non-hydrogen) atoms. The lowest BCUT2D eigenvalue weighted by Crippen LogP contribution is -2.49. The normalized spacial score (nSPS) is 22.4. The fourth-order valence-electron chi connectivity index (χ4n) is 3.02. The molecule has 1 fully saturated rings. The molecule has 2 rings (SSSR count). The Bertz CT molecular complexity index is 578. The van der Waals surface area contributed by atoms with Crippen molar-refractivity contribution in [2.24, 2.45) is 0 Å². The van der Waals surface area contributed by atoms with Crippen molar-refractivity contribution < 1.29 is 14.8 Å². The van der Waals surface area contributed by atoms with Crippen molar-refractivity contribution in [3.8, 4) is 0 Å². The molecule has 1 aromatic rings. The van der Waals surface area contributed by atoms with Crippen molar-refractivity contribution in [1.29, 1.82) is 0 Å². The maximum Gasteiger partial charge on any atom is 0.324 e. The van der Waals surface area contributed by atoms with Crippen molar-refractivity contribution in [3.05, 3.63) is 38.9 Å². The molecular formula is C14H17ClN2O4. The van der Waals surface area contributed by atoms with Gasteiger partial charge in [0, 0.05) is 23.2 Å². The molecule has 6 nitrogen and oxygen atoms in total. The lowest BCUT2D eigenvalue weighted by molar-refractivity contribution is -0.385. The Morgan fingerprint density at radius 3 is 2.86 bits per heavy atom. The number of nitro groups is 1. The number of aliphatic carboxylic acids is 1. The smallest absolute Gasteiger partial charge is 0.324 e. The van der Waals surface area contributed by atoms with E-state index in [0.29, 0.717) is 30.0 Å². The summed E-state index contributed by atoms with van der Waals surface area (Å²) < 4.78 is 0. The Labute approximate surface area is 127 Å². The second-order valence-corrected chi connectivity index (χ2v) is 5.68. The average molecular weight is 313 g/mol. The Hall–Kier alpha value is -1.66. The minimum absolute atomic E-state index is 0.0262. The van der Waals surface area contributed by atoms with Crippen LogP contribution in [0.1, 0.15) is 31.7 Å². The Morgan fingerprint density at radius 1 is 1.57 bits per heavy atom. The van der Waals surface area contributed by atoms with E-state index in [2.05, 4.69) is 0 Å². The van der Waals surface area contributed by atoms with E-state index in [4.69, 9.17) is 11.6 Å². The minimum Gasteiger partial charge on any atom is -0.480 e. The molecule has 0 bridgehead atoms. The molecule has 0 radical (unpaired) electrons. The summed E-state index contributed by atoms with van der Waals surface area (Å²) in [5, 5.41) is 21.1. The van der Waals surface area contributed by atoms with Gasteiger partial charge < -0.3 is 5.11 Å². The van der Waals surface area contributed by atoms with E-state index in [1.807, 2.05) is 11.8 Å². The highest BCUT2D eigenvalue weighted by atomic mass is 35.5. The predicted molar refractivity (Wildman–Crippen MR) is 78.4 cm³/mol. The van der Waals surface area contributed by atoms with Crippen molar-refractivity contribution in [2.45, 2.75) is 38.3 Å². The second-order valence-electron chi connectivity index (χ2n) is 5.25. The zero-order valence-corrected chi connectivity index (χ0v) is 12.5. The quantitative estimate of drug-likeness (QED) is 0.667. The topological polar surface area (TPSA) is 83.7 Å². The van der Waals surface area contributed by atoms with Crippen molar-refractivity contribution in [1.82, 2.24) is 4.90 Å². The van der Waals surface area contributed by atoms with E-state index in [1.165, 1.54) is 12.1 Å². The van der Waals surface area contributed by atoms with Crippen LogP contribution in [0.25, 0.3) is 0 Å². The van der Waals surface area contributed by atoms with Gasteiger partial charge in [-0.05, 0) is 37.9 Å². The molecule has 0 aromatic heterocycles.